The Hall–Kier alpha value is -0.560. The van der Waals surface area contributed by atoms with Crippen LogP contribution in [0.5, 0.6) is 0 Å². The summed E-state index contributed by atoms with van der Waals surface area (Å²) >= 11 is 0. The third-order valence-electron chi connectivity index (χ3n) is 4.66. The van der Waals surface area contributed by atoms with Crippen LogP contribution < -0.4 is 0 Å². The number of hydrogen-bond acceptors (Lipinski definition) is 1. The van der Waals surface area contributed by atoms with Gasteiger partial charge >= 0.3 is 0 Å². The van der Waals surface area contributed by atoms with Crippen LogP contribution in [0.4, 0.5) is 0 Å². The van der Waals surface area contributed by atoms with Crippen LogP contribution in [0.1, 0.15) is 73.1 Å². The summed E-state index contributed by atoms with van der Waals surface area (Å²) in [6.07, 6.45) is 10.5. The van der Waals surface area contributed by atoms with Gasteiger partial charge in [0.1, 0.15) is 0 Å². The van der Waals surface area contributed by atoms with Gasteiger partial charge in [-0.3, -0.25) is 0 Å². The zero-order valence-electron chi connectivity index (χ0n) is 14.2. The normalized spacial score (nSPS) is 25.4. The molecule has 1 rings (SSSR count). The molecule has 0 unspecified atom stereocenters. The molecule has 0 saturated carbocycles. The van der Waals surface area contributed by atoms with Crippen LogP contribution >= 0.6 is 0 Å². The molecule has 0 bridgehead atoms. The van der Waals surface area contributed by atoms with Gasteiger partial charge < -0.3 is 4.74 Å². The summed E-state index contributed by atoms with van der Waals surface area (Å²) in [5.74, 6) is 1.40. The first-order valence-corrected chi connectivity index (χ1v) is 8.43. The second kappa shape index (κ2) is 8.67. The Kier molecular flexibility index (Phi) is 7.58. The highest BCUT2D eigenvalue weighted by molar-refractivity contribution is 5.13. The third kappa shape index (κ3) is 5.83. The molecule has 1 heteroatoms. The minimum Gasteiger partial charge on any atom is -0.367 e. The minimum absolute atomic E-state index is 0.374. The topological polar surface area (TPSA) is 9.23 Å². The summed E-state index contributed by atoms with van der Waals surface area (Å²) < 4.78 is 6.17. The molecule has 0 aliphatic carbocycles. The van der Waals surface area contributed by atoms with E-state index in [1.807, 2.05) is 0 Å². The summed E-state index contributed by atoms with van der Waals surface area (Å²) in [6.45, 7) is 15.3. The van der Waals surface area contributed by atoms with E-state index >= 15 is 0 Å². The first-order chi connectivity index (χ1) is 9.43. The first kappa shape index (κ1) is 17.5. The van der Waals surface area contributed by atoms with Crippen LogP contribution in [-0.4, -0.2) is 12.2 Å². The molecule has 1 aliphatic heterocycles. The van der Waals surface area contributed by atoms with Crippen LogP contribution in [0.25, 0.3) is 0 Å². The standard InChI is InChI=1S/C19H34O/c1-7-8-9-18-13-17(6)19(20-18)11-10-15(4)12-16(5)14(2)3/h13,15-16,18-19H,2,7-12H2,1,3-6H3/t15-,16-,18+,19+/m1/s1. The van der Waals surface area contributed by atoms with Gasteiger partial charge in [0.2, 0.25) is 0 Å². The lowest BCUT2D eigenvalue weighted by atomic mass is 9.89. The number of ether oxygens (including phenoxy) is 1. The van der Waals surface area contributed by atoms with E-state index in [1.54, 1.807) is 0 Å². The van der Waals surface area contributed by atoms with E-state index < -0.39 is 0 Å². The maximum Gasteiger partial charge on any atom is 0.0791 e. The summed E-state index contributed by atoms with van der Waals surface area (Å²) in [5.41, 5.74) is 2.76. The molecule has 20 heavy (non-hydrogen) atoms. The number of rotatable bonds is 9. The van der Waals surface area contributed by atoms with Crippen LogP contribution in [0.3, 0.4) is 0 Å². The molecule has 1 heterocycles. The average Bonchev–Trinajstić information content (AvgIpc) is 2.74. The van der Waals surface area contributed by atoms with Gasteiger partial charge in [-0.25, -0.2) is 0 Å². The molecular formula is C19H34O. The quantitative estimate of drug-likeness (QED) is 0.476. The highest BCUT2D eigenvalue weighted by Gasteiger charge is 2.24. The predicted octanol–water partition coefficient (Wildman–Crippen LogP) is 5.91. The fraction of sp³-hybridized carbons (Fsp3) is 0.789. The fourth-order valence-electron chi connectivity index (χ4n) is 2.97. The van der Waals surface area contributed by atoms with E-state index in [0.29, 0.717) is 18.1 Å². The maximum atomic E-state index is 6.17. The van der Waals surface area contributed by atoms with E-state index in [2.05, 4.69) is 47.3 Å². The Balaban J connectivity index is 2.29. The number of allylic oxidation sites excluding steroid dienone is 1. The zero-order chi connectivity index (χ0) is 15.1. The van der Waals surface area contributed by atoms with Gasteiger partial charge in [-0.15, -0.1) is 0 Å². The lowest BCUT2D eigenvalue weighted by molar-refractivity contribution is 0.0425. The van der Waals surface area contributed by atoms with Crippen molar-refractivity contribution in [3.05, 3.63) is 23.8 Å². The van der Waals surface area contributed by atoms with Crippen molar-refractivity contribution in [3.8, 4) is 0 Å². The highest BCUT2D eigenvalue weighted by Crippen LogP contribution is 2.29. The summed E-state index contributed by atoms with van der Waals surface area (Å²) in [4.78, 5) is 0. The van der Waals surface area contributed by atoms with Crippen molar-refractivity contribution in [3.63, 3.8) is 0 Å². The number of unbranched alkanes of at least 4 members (excludes halogenated alkanes) is 1. The van der Waals surface area contributed by atoms with Gasteiger partial charge in [-0.05, 0) is 56.9 Å². The average molecular weight is 278 g/mol. The molecule has 0 aromatic heterocycles. The van der Waals surface area contributed by atoms with Crippen molar-refractivity contribution in [2.45, 2.75) is 85.4 Å². The fourth-order valence-corrected chi connectivity index (χ4v) is 2.97. The molecular weight excluding hydrogens is 244 g/mol. The molecule has 116 valence electrons. The van der Waals surface area contributed by atoms with Crippen LogP contribution in [0.2, 0.25) is 0 Å². The third-order valence-corrected chi connectivity index (χ3v) is 4.66. The van der Waals surface area contributed by atoms with Crippen LogP contribution in [0, 0.1) is 11.8 Å². The second-order valence-corrected chi connectivity index (χ2v) is 6.88. The lowest BCUT2D eigenvalue weighted by Crippen LogP contribution is -2.15. The van der Waals surface area contributed by atoms with E-state index in [4.69, 9.17) is 4.74 Å². The van der Waals surface area contributed by atoms with Gasteiger partial charge in [0.15, 0.2) is 0 Å². The molecule has 1 nitrogen and oxygen atoms in total. The van der Waals surface area contributed by atoms with E-state index in [-0.39, 0.29) is 0 Å². The Bertz CT molecular complexity index is 329. The molecule has 0 N–H and O–H groups in total. The summed E-state index contributed by atoms with van der Waals surface area (Å²) in [5, 5.41) is 0. The van der Waals surface area contributed by atoms with Gasteiger partial charge in [0.05, 0.1) is 12.2 Å². The van der Waals surface area contributed by atoms with Crippen LogP contribution in [0.15, 0.2) is 23.8 Å². The Morgan fingerprint density at radius 2 is 2.05 bits per heavy atom. The monoisotopic (exact) mass is 278 g/mol. The van der Waals surface area contributed by atoms with Crippen molar-refractivity contribution in [2.24, 2.45) is 11.8 Å². The van der Waals surface area contributed by atoms with Crippen LogP contribution in [-0.2, 0) is 4.74 Å². The second-order valence-electron chi connectivity index (χ2n) is 6.88. The largest absolute Gasteiger partial charge is 0.367 e. The molecule has 0 spiro atoms. The maximum absolute atomic E-state index is 6.17. The minimum atomic E-state index is 0.374. The van der Waals surface area contributed by atoms with Gasteiger partial charge in [-0.1, -0.05) is 51.8 Å². The van der Waals surface area contributed by atoms with Crippen molar-refractivity contribution in [2.75, 3.05) is 0 Å². The van der Waals surface area contributed by atoms with E-state index in [9.17, 15) is 0 Å². The van der Waals surface area contributed by atoms with Gasteiger partial charge in [0.25, 0.3) is 0 Å². The van der Waals surface area contributed by atoms with E-state index in [1.165, 1.54) is 49.7 Å². The summed E-state index contributed by atoms with van der Waals surface area (Å²) in [7, 11) is 0. The van der Waals surface area contributed by atoms with E-state index in [0.717, 1.165) is 5.92 Å². The first-order valence-electron chi connectivity index (χ1n) is 8.43. The molecule has 0 aromatic carbocycles. The molecule has 0 fully saturated rings. The molecule has 1 aliphatic rings. The Morgan fingerprint density at radius 1 is 1.35 bits per heavy atom. The molecule has 0 amide bonds. The highest BCUT2D eigenvalue weighted by atomic mass is 16.5. The van der Waals surface area contributed by atoms with Crippen molar-refractivity contribution >= 4 is 0 Å². The molecule has 0 aromatic rings. The lowest BCUT2D eigenvalue weighted by Gasteiger charge is -2.20. The Labute approximate surface area is 126 Å². The molecule has 4 atom stereocenters. The van der Waals surface area contributed by atoms with Crippen molar-refractivity contribution in [1.29, 1.82) is 0 Å². The predicted molar refractivity (Wildman–Crippen MR) is 88.9 cm³/mol. The molecule has 0 radical (unpaired) electrons. The van der Waals surface area contributed by atoms with Crippen molar-refractivity contribution < 1.29 is 4.74 Å². The van der Waals surface area contributed by atoms with Gasteiger partial charge in [-0.2, -0.15) is 0 Å². The smallest absolute Gasteiger partial charge is 0.0791 e. The number of hydrogen-bond donors (Lipinski definition) is 0. The SMILES string of the molecule is C=C(C)[C@H](C)C[C@H](C)CC[C@@H]1O[C@@H](CCCC)C=C1C. The zero-order valence-corrected chi connectivity index (χ0v) is 14.2. The van der Waals surface area contributed by atoms with Crippen molar-refractivity contribution in [1.82, 2.24) is 0 Å². The summed E-state index contributed by atoms with van der Waals surface area (Å²) in [6, 6.07) is 0. The van der Waals surface area contributed by atoms with Gasteiger partial charge in [0, 0.05) is 0 Å². The molecule has 0 saturated heterocycles. The Morgan fingerprint density at radius 3 is 2.65 bits per heavy atom.